The van der Waals surface area contributed by atoms with Gasteiger partial charge in [-0.3, -0.25) is 0 Å². The van der Waals surface area contributed by atoms with Crippen molar-refractivity contribution in [3.05, 3.63) is 59.4 Å². The summed E-state index contributed by atoms with van der Waals surface area (Å²) in [6.45, 7) is 1.39. The quantitative estimate of drug-likeness (QED) is 0.320. The third kappa shape index (κ3) is 4.73. The van der Waals surface area contributed by atoms with Crippen LogP contribution in [-0.4, -0.2) is 72.1 Å². The van der Waals surface area contributed by atoms with Crippen LogP contribution in [0.3, 0.4) is 0 Å². The summed E-state index contributed by atoms with van der Waals surface area (Å²) >= 11 is 0. The molecule has 0 unspecified atom stereocenters. The normalized spacial score (nSPS) is 27.3. The van der Waals surface area contributed by atoms with Gasteiger partial charge in [0.25, 0.3) is 5.79 Å². The summed E-state index contributed by atoms with van der Waals surface area (Å²) in [7, 11) is 0. The zero-order valence-electron chi connectivity index (χ0n) is 18.6. The minimum atomic E-state index is -4.80. The molecule has 12 heteroatoms. The first kappa shape index (κ1) is 25.4. The van der Waals surface area contributed by atoms with Crippen molar-refractivity contribution in [2.75, 3.05) is 6.61 Å². The van der Waals surface area contributed by atoms with E-state index in [4.69, 9.17) is 9.47 Å². The first-order valence-corrected chi connectivity index (χ1v) is 10.8. The largest absolute Gasteiger partial charge is 0.452 e. The highest BCUT2D eigenvalue weighted by atomic mass is 19.4. The Hall–Kier alpha value is -2.74. The number of aryl methyl sites for hydroxylation is 1. The molecule has 0 bridgehead atoms. The summed E-state index contributed by atoms with van der Waals surface area (Å²) in [4.78, 5) is 4.04. The first-order chi connectivity index (χ1) is 16.5. The molecule has 1 aliphatic heterocycles. The number of alkyl halides is 3. The highest BCUT2D eigenvalue weighted by molar-refractivity contribution is 5.83. The van der Waals surface area contributed by atoms with Crippen LogP contribution in [0.4, 0.5) is 13.2 Å². The maximum absolute atomic E-state index is 13.6. The van der Waals surface area contributed by atoms with Gasteiger partial charge in [0, 0.05) is 6.54 Å². The van der Waals surface area contributed by atoms with E-state index in [1.54, 1.807) is 0 Å². The molecule has 9 nitrogen and oxygen atoms in total. The van der Waals surface area contributed by atoms with E-state index in [0.717, 1.165) is 23.6 Å². The molecule has 35 heavy (non-hydrogen) atoms. The van der Waals surface area contributed by atoms with Crippen LogP contribution in [0.15, 0.2) is 42.7 Å². The predicted octanol–water partition coefficient (Wildman–Crippen LogP) is 1.16. The lowest BCUT2D eigenvalue weighted by Gasteiger charge is -2.45. The smallest absolute Gasteiger partial charge is 0.416 e. The van der Waals surface area contributed by atoms with E-state index in [-0.39, 0.29) is 17.6 Å². The monoisotopic (exact) mass is 498 g/mol. The minimum absolute atomic E-state index is 0.0455. The first-order valence-electron chi connectivity index (χ1n) is 10.8. The van der Waals surface area contributed by atoms with Gasteiger partial charge in [0.1, 0.15) is 23.5 Å². The van der Waals surface area contributed by atoms with Crippen molar-refractivity contribution in [2.45, 2.75) is 56.5 Å². The fourth-order valence-electron chi connectivity index (χ4n) is 3.98. The van der Waals surface area contributed by atoms with E-state index < -0.39 is 54.5 Å². The number of imidazole rings is 1. The molecule has 0 spiro atoms. The van der Waals surface area contributed by atoms with Crippen LogP contribution in [-0.2, 0) is 23.9 Å². The Kier molecular flexibility index (Phi) is 6.79. The van der Waals surface area contributed by atoms with Gasteiger partial charge >= 0.3 is 6.18 Å². The lowest BCUT2D eigenvalue weighted by molar-refractivity contribution is -0.385. The number of aliphatic hydroxyl groups excluding tert-OH is 4. The molecular formula is C23H25F3N2O7. The zero-order valence-corrected chi connectivity index (χ0v) is 18.6. The maximum atomic E-state index is 13.6. The van der Waals surface area contributed by atoms with Gasteiger partial charge in [-0.15, -0.1) is 0 Å². The molecule has 2 heterocycles. The number of aromatic nitrogens is 2. The zero-order chi connectivity index (χ0) is 25.5. The summed E-state index contributed by atoms with van der Waals surface area (Å²) in [5, 5.41) is 50.9. The highest BCUT2D eigenvalue weighted by Gasteiger charge is 2.57. The molecule has 4 rings (SSSR count). The van der Waals surface area contributed by atoms with Crippen LogP contribution in [0, 0.1) is 0 Å². The molecular weight excluding hydrogens is 473 g/mol. The van der Waals surface area contributed by atoms with E-state index >= 15 is 0 Å². The fraction of sp³-hybridized carbons (Fsp3) is 0.435. The maximum Gasteiger partial charge on any atom is 0.416 e. The summed E-state index contributed by atoms with van der Waals surface area (Å²) in [5.41, 5.74) is 0.705. The summed E-state index contributed by atoms with van der Waals surface area (Å²) < 4.78 is 52.5. The van der Waals surface area contributed by atoms with Gasteiger partial charge in [-0.2, -0.15) is 13.2 Å². The fourth-order valence-corrected chi connectivity index (χ4v) is 3.98. The van der Waals surface area contributed by atoms with Crippen LogP contribution < -0.4 is 4.74 Å². The van der Waals surface area contributed by atoms with E-state index in [0.29, 0.717) is 6.07 Å². The average Bonchev–Trinajstić information content (AvgIpc) is 3.23. The van der Waals surface area contributed by atoms with Crippen LogP contribution in [0.25, 0.3) is 11.0 Å². The summed E-state index contributed by atoms with van der Waals surface area (Å²) in [6, 6.07) is 8.96. The molecule has 5 atom stereocenters. The van der Waals surface area contributed by atoms with Crippen LogP contribution >= 0.6 is 0 Å². The molecule has 1 aliphatic rings. The number of halogens is 3. The van der Waals surface area contributed by atoms with Crippen LogP contribution in [0.2, 0.25) is 0 Å². The molecule has 5 N–H and O–H groups in total. The van der Waals surface area contributed by atoms with Gasteiger partial charge in [0.15, 0.2) is 6.10 Å². The van der Waals surface area contributed by atoms with Crippen molar-refractivity contribution in [2.24, 2.45) is 0 Å². The van der Waals surface area contributed by atoms with Gasteiger partial charge in [-0.05, 0) is 29.7 Å². The predicted molar refractivity (Wildman–Crippen MR) is 115 cm³/mol. The second-order valence-corrected chi connectivity index (χ2v) is 8.38. The summed E-state index contributed by atoms with van der Waals surface area (Å²) in [5.74, 6) is -3.61. The van der Waals surface area contributed by atoms with Gasteiger partial charge in [0.05, 0.1) is 24.0 Å². The number of rotatable bonds is 6. The molecule has 0 aliphatic carbocycles. The van der Waals surface area contributed by atoms with Crippen molar-refractivity contribution >= 4 is 11.0 Å². The third-order valence-electron chi connectivity index (χ3n) is 6.03. The Morgan fingerprint density at radius 1 is 1.11 bits per heavy atom. The van der Waals surface area contributed by atoms with Crippen LogP contribution in [0.1, 0.15) is 23.6 Å². The van der Waals surface area contributed by atoms with E-state index in [1.807, 2.05) is 31.2 Å². The van der Waals surface area contributed by atoms with E-state index in [1.165, 1.54) is 10.9 Å². The van der Waals surface area contributed by atoms with Crippen molar-refractivity contribution in [1.82, 2.24) is 9.55 Å². The lowest BCUT2D eigenvalue weighted by atomic mass is 9.96. The Morgan fingerprint density at radius 2 is 1.77 bits per heavy atom. The number of hydrogen-bond donors (Lipinski definition) is 5. The van der Waals surface area contributed by atoms with Crippen molar-refractivity contribution in [3.8, 4) is 5.75 Å². The molecule has 0 saturated carbocycles. The minimum Gasteiger partial charge on any atom is -0.452 e. The Morgan fingerprint density at radius 3 is 2.37 bits per heavy atom. The number of hydrogen-bond acceptors (Lipinski definition) is 8. The molecule has 2 aromatic carbocycles. The van der Waals surface area contributed by atoms with Gasteiger partial charge < -0.3 is 39.6 Å². The summed E-state index contributed by atoms with van der Waals surface area (Å²) in [6.07, 6.45) is -10.6. The molecule has 1 saturated heterocycles. The van der Waals surface area contributed by atoms with Gasteiger partial charge in [-0.25, -0.2) is 4.98 Å². The number of fused-ring (bicyclic) bond motifs is 1. The standard InChI is InChI=1S/C23H25F3N2O7/c1-2-12-3-5-13(6-4-12)9-28-11-27-15-7-14(23(24,25)26)8-16(18(15)28)35-22(33)20(31)19(30)17(10-29)34-21(22)32/h3-8,11,17,19-21,29-33H,2,9-10H2,1H3/t17-,19-,20+,21+,22+/m1/s1. The third-order valence-corrected chi connectivity index (χ3v) is 6.03. The second-order valence-electron chi connectivity index (χ2n) is 8.38. The molecule has 190 valence electrons. The van der Waals surface area contributed by atoms with Crippen LogP contribution in [0.5, 0.6) is 5.75 Å². The molecule has 3 aromatic rings. The molecule has 0 radical (unpaired) electrons. The van der Waals surface area contributed by atoms with Gasteiger partial charge in [-0.1, -0.05) is 31.2 Å². The van der Waals surface area contributed by atoms with Crippen molar-refractivity contribution in [1.29, 1.82) is 0 Å². The number of benzene rings is 2. The highest BCUT2D eigenvalue weighted by Crippen LogP contribution is 2.39. The topological polar surface area (TPSA) is 137 Å². The SMILES string of the molecule is CCc1ccc(Cn2cnc3cc(C(F)(F)F)cc(O[C@]4(O)[C@@H](O)O[C@H](CO)[C@@H](O)[C@@H]4O)c32)cc1. The number of aliphatic hydroxyl groups is 5. The number of nitrogens with zero attached hydrogens (tertiary/aromatic N) is 2. The van der Waals surface area contributed by atoms with E-state index in [2.05, 4.69) is 4.98 Å². The Balaban J connectivity index is 1.79. The molecule has 0 amide bonds. The lowest BCUT2D eigenvalue weighted by Crippen LogP contribution is -2.69. The van der Waals surface area contributed by atoms with Crippen molar-refractivity contribution < 1.29 is 48.2 Å². The Labute approximate surface area is 197 Å². The van der Waals surface area contributed by atoms with Crippen molar-refractivity contribution in [3.63, 3.8) is 0 Å². The molecule has 1 aromatic heterocycles. The Bertz CT molecular complexity index is 1180. The number of ether oxygens (including phenoxy) is 2. The molecule has 1 fully saturated rings. The van der Waals surface area contributed by atoms with Gasteiger partial charge in [0.2, 0.25) is 6.29 Å². The second kappa shape index (κ2) is 9.37. The average molecular weight is 498 g/mol. The van der Waals surface area contributed by atoms with E-state index in [9.17, 15) is 38.7 Å².